The fraction of sp³-hybridized carbons (Fsp3) is 0.167. The van der Waals surface area contributed by atoms with Gasteiger partial charge in [0.25, 0.3) is 0 Å². The number of allylic oxidation sites excluding steroid dienone is 2. The molecule has 1 aromatic carbocycles. The Balaban J connectivity index is 2.71. The van der Waals surface area contributed by atoms with Crippen molar-refractivity contribution in [2.45, 2.75) is 13.5 Å². The van der Waals surface area contributed by atoms with Crippen LogP contribution in [0.1, 0.15) is 6.92 Å². The lowest BCUT2D eigenvalue weighted by Crippen LogP contribution is -2.24. The molecule has 0 N–H and O–H groups in total. The molecule has 0 aliphatic carbocycles. The average molecular weight is 186 g/mol. The molecule has 0 bridgehead atoms. The van der Waals surface area contributed by atoms with Crippen molar-refractivity contribution in [1.29, 1.82) is 0 Å². The third-order valence-electron chi connectivity index (χ3n) is 1.85. The summed E-state index contributed by atoms with van der Waals surface area (Å²) in [6.45, 7) is 4.25. The normalized spacial score (nSPS) is 12.2. The minimum atomic E-state index is -1.00. The highest BCUT2D eigenvalue weighted by Gasteiger charge is 2.00. The first-order chi connectivity index (χ1) is 6.34. The first-order valence-corrected chi connectivity index (χ1v) is 6.82. The van der Waals surface area contributed by atoms with Crippen LogP contribution in [0.15, 0.2) is 42.5 Å². The highest BCUT2D eigenvalue weighted by molar-refractivity contribution is 6.79. The molecule has 0 saturated heterocycles. The molecule has 1 unspecified atom stereocenters. The van der Waals surface area contributed by atoms with E-state index in [0.717, 1.165) is 0 Å². The molecule has 0 fully saturated rings. The Bertz CT molecular complexity index is 327. The molecule has 1 atom stereocenters. The Morgan fingerprint density at radius 1 is 1.23 bits per heavy atom. The summed E-state index contributed by atoms with van der Waals surface area (Å²) in [5, 5.41) is 1.42. The molecule has 0 aliphatic heterocycles. The molecule has 66 valence electrons. The summed E-state index contributed by atoms with van der Waals surface area (Å²) in [5.41, 5.74) is 3.30. The third kappa shape index (κ3) is 3.31. The SMILES string of the molecule is C/C=C/C#C[SiH](C)c1ccccc1. The fourth-order valence-corrected chi connectivity index (χ4v) is 2.39. The molecule has 1 heteroatoms. The smallest absolute Gasteiger partial charge is 0.125 e. The minimum absolute atomic E-state index is 1.00. The number of hydrogen-bond acceptors (Lipinski definition) is 0. The predicted molar refractivity (Wildman–Crippen MR) is 61.7 cm³/mol. The zero-order valence-electron chi connectivity index (χ0n) is 8.12. The van der Waals surface area contributed by atoms with E-state index in [4.69, 9.17) is 0 Å². The fourth-order valence-electron chi connectivity index (χ4n) is 1.08. The monoisotopic (exact) mass is 186 g/mol. The molecule has 0 spiro atoms. The lowest BCUT2D eigenvalue weighted by molar-refractivity contribution is 1.75. The second-order valence-electron chi connectivity index (χ2n) is 2.92. The summed E-state index contributed by atoms with van der Waals surface area (Å²) in [5.74, 6) is 3.06. The highest BCUT2D eigenvalue weighted by atomic mass is 28.3. The summed E-state index contributed by atoms with van der Waals surface area (Å²) in [6, 6.07) is 10.5. The number of rotatable bonds is 1. The molecular weight excluding hydrogens is 172 g/mol. The summed E-state index contributed by atoms with van der Waals surface area (Å²) in [4.78, 5) is 0. The largest absolute Gasteiger partial charge is 0.150 e. The lowest BCUT2D eigenvalue weighted by Gasteiger charge is -1.99. The standard InChI is InChI=1S/C12H14Si/c1-3-4-8-11-13(2)12-9-6-5-7-10-12/h3-7,9-10,13H,1-2H3/b4-3+. The molecule has 0 saturated carbocycles. The van der Waals surface area contributed by atoms with Gasteiger partial charge in [-0.05, 0) is 18.2 Å². The van der Waals surface area contributed by atoms with Crippen LogP contribution < -0.4 is 5.19 Å². The molecule has 0 nitrogen and oxygen atoms in total. The Labute approximate surface area is 81.9 Å². The van der Waals surface area contributed by atoms with Crippen molar-refractivity contribution in [2.24, 2.45) is 0 Å². The van der Waals surface area contributed by atoms with Gasteiger partial charge in [0.15, 0.2) is 8.80 Å². The minimum Gasteiger partial charge on any atom is -0.125 e. The summed E-state index contributed by atoms with van der Waals surface area (Å²) >= 11 is 0. The number of hydrogen-bond donors (Lipinski definition) is 0. The van der Waals surface area contributed by atoms with Crippen molar-refractivity contribution in [3.05, 3.63) is 42.5 Å². The zero-order chi connectivity index (χ0) is 9.52. The van der Waals surface area contributed by atoms with Crippen LogP contribution in [0.5, 0.6) is 0 Å². The van der Waals surface area contributed by atoms with Gasteiger partial charge in [0.2, 0.25) is 0 Å². The third-order valence-corrected chi connectivity index (χ3v) is 3.83. The van der Waals surface area contributed by atoms with Gasteiger partial charge in [0.1, 0.15) is 0 Å². The molecule has 0 radical (unpaired) electrons. The maximum absolute atomic E-state index is 3.30. The van der Waals surface area contributed by atoms with Crippen LogP contribution >= 0.6 is 0 Å². The van der Waals surface area contributed by atoms with E-state index in [1.54, 1.807) is 0 Å². The molecule has 0 aliphatic rings. The summed E-state index contributed by atoms with van der Waals surface area (Å²) < 4.78 is 0. The molecule has 1 aromatic rings. The molecular formula is C12H14Si. The molecule has 13 heavy (non-hydrogen) atoms. The van der Waals surface area contributed by atoms with Gasteiger partial charge in [0.05, 0.1) is 0 Å². The van der Waals surface area contributed by atoms with Gasteiger partial charge >= 0.3 is 0 Å². The van der Waals surface area contributed by atoms with Crippen LogP contribution in [-0.2, 0) is 0 Å². The number of benzene rings is 1. The molecule has 0 amide bonds. The highest BCUT2D eigenvalue weighted by Crippen LogP contribution is 1.86. The second-order valence-corrected chi connectivity index (χ2v) is 5.32. The first kappa shape index (κ1) is 9.82. The summed E-state index contributed by atoms with van der Waals surface area (Å²) in [7, 11) is -1.00. The van der Waals surface area contributed by atoms with Crippen molar-refractivity contribution in [1.82, 2.24) is 0 Å². The quantitative estimate of drug-likeness (QED) is 0.464. The van der Waals surface area contributed by atoms with Crippen LogP contribution in [0.3, 0.4) is 0 Å². The van der Waals surface area contributed by atoms with E-state index >= 15 is 0 Å². The van der Waals surface area contributed by atoms with Gasteiger partial charge in [-0.3, -0.25) is 0 Å². The van der Waals surface area contributed by atoms with Crippen LogP contribution in [0.4, 0.5) is 0 Å². The van der Waals surface area contributed by atoms with Crippen molar-refractivity contribution in [3.8, 4) is 11.5 Å². The van der Waals surface area contributed by atoms with Gasteiger partial charge < -0.3 is 0 Å². The first-order valence-electron chi connectivity index (χ1n) is 4.51. The molecule has 0 aromatic heterocycles. The van der Waals surface area contributed by atoms with E-state index in [0.29, 0.717) is 0 Å². The Kier molecular flexibility index (Phi) is 4.08. The zero-order valence-corrected chi connectivity index (χ0v) is 9.27. The van der Waals surface area contributed by atoms with Gasteiger partial charge in [-0.2, -0.15) is 0 Å². The van der Waals surface area contributed by atoms with E-state index in [1.807, 2.05) is 25.1 Å². The van der Waals surface area contributed by atoms with E-state index in [9.17, 15) is 0 Å². The molecule has 0 heterocycles. The van der Waals surface area contributed by atoms with E-state index in [1.165, 1.54) is 5.19 Å². The second kappa shape index (κ2) is 5.39. The van der Waals surface area contributed by atoms with Crippen molar-refractivity contribution in [3.63, 3.8) is 0 Å². The van der Waals surface area contributed by atoms with Crippen molar-refractivity contribution >= 4 is 14.0 Å². The Morgan fingerprint density at radius 2 is 1.92 bits per heavy atom. The molecule has 1 rings (SSSR count). The van der Waals surface area contributed by atoms with Gasteiger partial charge in [-0.1, -0.05) is 48.9 Å². The lowest BCUT2D eigenvalue weighted by atomic mass is 10.4. The predicted octanol–water partition coefficient (Wildman–Crippen LogP) is 1.87. The topological polar surface area (TPSA) is 0 Å². The van der Waals surface area contributed by atoms with E-state index < -0.39 is 8.80 Å². The van der Waals surface area contributed by atoms with Crippen LogP contribution in [0.2, 0.25) is 6.55 Å². The van der Waals surface area contributed by atoms with Crippen molar-refractivity contribution < 1.29 is 0 Å². The van der Waals surface area contributed by atoms with Crippen molar-refractivity contribution in [2.75, 3.05) is 0 Å². The Hall–Kier alpha value is -1.26. The maximum atomic E-state index is 3.30. The van der Waals surface area contributed by atoms with Gasteiger partial charge in [-0.25, -0.2) is 0 Å². The van der Waals surface area contributed by atoms with Gasteiger partial charge in [-0.15, -0.1) is 5.54 Å². The average Bonchev–Trinajstić information content (AvgIpc) is 2.19. The summed E-state index contributed by atoms with van der Waals surface area (Å²) in [6.07, 6.45) is 3.88. The van der Waals surface area contributed by atoms with E-state index in [-0.39, 0.29) is 0 Å². The van der Waals surface area contributed by atoms with Crippen LogP contribution in [0.25, 0.3) is 0 Å². The van der Waals surface area contributed by atoms with Crippen LogP contribution in [0, 0.1) is 11.5 Å². The van der Waals surface area contributed by atoms with E-state index in [2.05, 4.69) is 42.3 Å². The van der Waals surface area contributed by atoms with Gasteiger partial charge in [0, 0.05) is 0 Å². The Morgan fingerprint density at radius 3 is 2.54 bits per heavy atom. The maximum Gasteiger partial charge on any atom is 0.150 e. The van der Waals surface area contributed by atoms with Crippen LogP contribution in [-0.4, -0.2) is 8.80 Å².